The summed E-state index contributed by atoms with van der Waals surface area (Å²) in [5.41, 5.74) is 2.03. The molecule has 1 aromatic rings. The number of imide groups is 1. The smallest absolute Gasteiger partial charge is 0.293 e. The lowest BCUT2D eigenvalue weighted by atomic mass is 10.1. The van der Waals surface area contributed by atoms with Gasteiger partial charge in [-0.3, -0.25) is 19.3 Å². The van der Waals surface area contributed by atoms with Crippen molar-refractivity contribution in [2.24, 2.45) is 0 Å². The van der Waals surface area contributed by atoms with Crippen LogP contribution in [0.15, 0.2) is 29.2 Å². The Morgan fingerprint density at radius 1 is 1.25 bits per heavy atom. The number of unbranched alkanes of at least 4 members (excludes halogenated alkanes) is 1. The third-order valence-electron chi connectivity index (χ3n) is 3.66. The molecule has 0 bridgehead atoms. The summed E-state index contributed by atoms with van der Waals surface area (Å²) < 4.78 is 0. The fraction of sp³-hybridized carbons (Fsp3) is 0.389. The maximum atomic E-state index is 12.3. The van der Waals surface area contributed by atoms with E-state index in [1.807, 2.05) is 38.1 Å². The molecule has 6 heteroatoms. The molecule has 1 aliphatic rings. The third-order valence-corrected chi connectivity index (χ3v) is 4.57. The maximum Gasteiger partial charge on any atom is 0.293 e. The lowest BCUT2D eigenvalue weighted by Gasteiger charge is -2.12. The second-order valence-electron chi connectivity index (χ2n) is 5.70. The molecule has 0 radical (unpaired) electrons. The van der Waals surface area contributed by atoms with Gasteiger partial charge >= 0.3 is 0 Å². The van der Waals surface area contributed by atoms with Crippen LogP contribution >= 0.6 is 11.8 Å². The number of aryl methyl sites for hydroxylation is 1. The summed E-state index contributed by atoms with van der Waals surface area (Å²) in [5, 5.41) is 2.45. The van der Waals surface area contributed by atoms with E-state index in [0.29, 0.717) is 17.9 Å². The molecule has 0 unspecified atom stereocenters. The molecule has 3 amide bonds. The molecule has 0 spiro atoms. The van der Waals surface area contributed by atoms with Gasteiger partial charge in [-0.1, -0.05) is 43.2 Å². The number of hydrogen-bond acceptors (Lipinski definition) is 4. The molecule has 5 nitrogen and oxygen atoms in total. The average molecular weight is 346 g/mol. The van der Waals surface area contributed by atoms with Crippen LogP contribution in [0.1, 0.15) is 37.3 Å². The van der Waals surface area contributed by atoms with Crippen molar-refractivity contribution in [2.75, 3.05) is 13.1 Å². The Morgan fingerprint density at radius 2 is 1.96 bits per heavy atom. The van der Waals surface area contributed by atoms with Crippen LogP contribution < -0.4 is 5.32 Å². The van der Waals surface area contributed by atoms with Crippen LogP contribution in [0.4, 0.5) is 4.79 Å². The Hall–Kier alpha value is -2.08. The van der Waals surface area contributed by atoms with Crippen molar-refractivity contribution in [3.05, 3.63) is 40.3 Å². The molecular formula is C18H22N2O3S. The van der Waals surface area contributed by atoms with Crippen LogP contribution in [-0.2, 0) is 9.59 Å². The van der Waals surface area contributed by atoms with E-state index in [2.05, 4.69) is 5.32 Å². The number of nitrogens with zero attached hydrogens (tertiary/aromatic N) is 1. The van der Waals surface area contributed by atoms with Crippen molar-refractivity contribution >= 4 is 34.9 Å². The molecule has 128 valence electrons. The quantitative estimate of drug-likeness (QED) is 0.769. The number of carbonyl (C=O) groups excluding carboxylic acids is 3. The lowest BCUT2D eigenvalue weighted by molar-refractivity contribution is -0.124. The number of carbonyl (C=O) groups is 3. The molecule has 0 saturated carbocycles. The minimum atomic E-state index is -0.298. The van der Waals surface area contributed by atoms with E-state index in [1.165, 1.54) is 4.90 Å². The van der Waals surface area contributed by atoms with Crippen molar-refractivity contribution in [3.8, 4) is 0 Å². The van der Waals surface area contributed by atoms with E-state index < -0.39 is 0 Å². The van der Waals surface area contributed by atoms with Crippen molar-refractivity contribution in [2.45, 2.75) is 33.1 Å². The van der Waals surface area contributed by atoms with Gasteiger partial charge in [-0.25, -0.2) is 0 Å². The predicted molar refractivity (Wildman–Crippen MR) is 96.4 cm³/mol. The molecule has 2 rings (SSSR count). The van der Waals surface area contributed by atoms with E-state index in [0.717, 1.165) is 35.7 Å². The Morgan fingerprint density at radius 3 is 2.62 bits per heavy atom. The third kappa shape index (κ3) is 4.96. The molecule has 1 aliphatic heterocycles. The largest absolute Gasteiger partial charge is 0.354 e. The number of rotatable bonds is 7. The standard InChI is InChI=1S/C18H22N2O3S/c1-3-4-5-16(21)19-10-11-20-17(22)15(24-18(20)23)12-14-8-6-13(2)7-9-14/h6-9,12H,3-5,10-11H2,1-2H3,(H,19,21). The molecular weight excluding hydrogens is 324 g/mol. The van der Waals surface area contributed by atoms with Gasteiger partial charge in [0.15, 0.2) is 0 Å². The van der Waals surface area contributed by atoms with Gasteiger partial charge in [0.25, 0.3) is 11.1 Å². The number of amides is 3. The van der Waals surface area contributed by atoms with Gasteiger partial charge in [-0.15, -0.1) is 0 Å². The molecule has 0 atom stereocenters. The Labute approximate surface area is 146 Å². The van der Waals surface area contributed by atoms with Gasteiger partial charge in [0, 0.05) is 19.5 Å². The molecule has 1 heterocycles. The summed E-state index contributed by atoms with van der Waals surface area (Å²) in [6, 6.07) is 7.75. The maximum absolute atomic E-state index is 12.3. The van der Waals surface area contributed by atoms with Gasteiger partial charge in [-0.2, -0.15) is 0 Å². The average Bonchev–Trinajstić information content (AvgIpc) is 2.82. The summed E-state index contributed by atoms with van der Waals surface area (Å²) >= 11 is 0.939. The summed E-state index contributed by atoms with van der Waals surface area (Å²) in [4.78, 5) is 37.5. The summed E-state index contributed by atoms with van der Waals surface area (Å²) in [6.45, 7) is 4.51. The van der Waals surface area contributed by atoms with Crippen molar-refractivity contribution in [3.63, 3.8) is 0 Å². The number of nitrogens with one attached hydrogen (secondary N) is 1. The summed E-state index contributed by atoms with van der Waals surface area (Å²) in [5.74, 6) is -0.340. The fourth-order valence-corrected chi connectivity index (χ4v) is 3.10. The second-order valence-corrected chi connectivity index (χ2v) is 6.69. The van der Waals surface area contributed by atoms with Crippen LogP contribution in [0.2, 0.25) is 0 Å². The van der Waals surface area contributed by atoms with Crippen LogP contribution in [0.5, 0.6) is 0 Å². The van der Waals surface area contributed by atoms with Crippen LogP contribution in [0.25, 0.3) is 6.08 Å². The minimum absolute atomic E-state index is 0.0426. The normalized spacial score (nSPS) is 16.1. The highest BCUT2D eigenvalue weighted by molar-refractivity contribution is 8.18. The van der Waals surface area contributed by atoms with Gasteiger partial charge in [0.2, 0.25) is 5.91 Å². The van der Waals surface area contributed by atoms with Crippen molar-refractivity contribution in [1.82, 2.24) is 10.2 Å². The van der Waals surface area contributed by atoms with E-state index in [1.54, 1.807) is 6.08 Å². The van der Waals surface area contributed by atoms with Crippen LogP contribution in [0.3, 0.4) is 0 Å². The number of benzene rings is 1. The highest BCUT2D eigenvalue weighted by Gasteiger charge is 2.34. The van der Waals surface area contributed by atoms with Gasteiger partial charge < -0.3 is 5.32 Å². The summed E-state index contributed by atoms with van der Waals surface area (Å²) in [7, 11) is 0. The first-order valence-corrected chi connectivity index (χ1v) is 8.91. The molecule has 1 fully saturated rings. The molecule has 1 saturated heterocycles. The van der Waals surface area contributed by atoms with E-state index in [-0.39, 0.29) is 23.6 Å². The Balaban J connectivity index is 1.91. The zero-order valence-corrected chi connectivity index (χ0v) is 14.8. The van der Waals surface area contributed by atoms with E-state index in [9.17, 15) is 14.4 Å². The van der Waals surface area contributed by atoms with Crippen molar-refractivity contribution < 1.29 is 14.4 Å². The predicted octanol–water partition coefficient (Wildman–Crippen LogP) is 3.34. The van der Waals surface area contributed by atoms with Crippen molar-refractivity contribution in [1.29, 1.82) is 0 Å². The van der Waals surface area contributed by atoms with Gasteiger partial charge in [0.1, 0.15) is 0 Å². The molecule has 1 N–H and O–H groups in total. The molecule has 0 aromatic heterocycles. The number of hydrogen-bond donors (Lipinski definition) is 1. The number of thioether (sulfide) groups is 1. The first-order valence-electron chi connectivity index (χ1n) is 8.10. The highest BCUT2D eigenvalue weighted by atomic mass is 32.2. The Bertz CT molecular complexity index is 653. The summed E-state index contributed by atoms with van der Waals surface area (Å²) in [6.07, 6.45) is 4.00. The SMILES string of the molecule is CCCCC(=O)NCCN1C(=O)SC(=Cc2ccc(C)cc2)C1=O. The zero-order chi connectivity index (χ0) is 17.5. The van der Waals surface area contributed by atoms with Gasteiger partial charge in [0.05, 0.1) is 4.91 Å². The van der Waals surface area contributed by atoms with Crippen LogP contribution in [0, 0.1) is 6.92 Å². The first-order chi connectivity index (χ1) is 11.5. The van der Waals surface area contributed by atoms with Gasteiger partial charge in [-0.05, 0) is 36.7 Å². The second kappa shape index (κ2) is 8.68. The van der Waals surface area contributed by atoms with Crippen LogP contribution in [-0.4, -0.2) is 35.0 Å². The molecule has 0 aliphatic carbocycles. The molecule has 1 aromatic carbocycles. The highest BCUT2D eigenvalue weighted by Crippen LogP contribution is 2.31. The van der Waals surface area contributed by atoms with E-state index >= 15 is 0 Å². The first kappa shape index (κ1) is 18.3. The van der Waals surface area contributed by atoms with E-state index in [4.69, 9.17) is 0 Å². The monoisotopic (exact) mass is 346 g/mol. The zero-order valence-electron chi connectivity index (χ0n) is 14.0. The Kier molecular flexibility index (Phi) is 6.61. The topological polar surface area (TPSA) is 66.5 Å². The lowest BCUT2D eigenvalue weighted by Crippen LogP contribution is -2.37. The molecule has 24 heavy (non-hydrogen) atoms. The minimum Gasteiger partial charge on any atom is -0.354 e. The fourth-order valence-electron chi connectivity index (χ4n) is 2.24.